The summed E-state index contributed by atoms with van der Waals surface area (Å²) < 4.78 is 0. The third-order valence-electron chi connectivity index (χ3n) is 3.46. The van der Waals surface area contributed by atoms with Crippen molar-refractivity contribution in [2.24, 2.45) is 5.41 Å². The van der Waals surface area contributed by atoms with Crippen molar-refractivity contribution in [1.82, 2.24) is 4.90 Å². The van der Waals surface area contributed by atoms with Gasteiger partial charge in [0.2, 0.25) is 0 Å². The molecule has 1 unspecified atom stereocenters. The van der Waals surface area contributed by atoms with Gasteiger partial charge in [-0.05, 0) is 38.4 Å². The molecule has 0 aliphatic carbocycles. The Bertz CT molecular complexity index is 297. The van der Waals surface area contributed by atoms with Crippen LogP contribution in [0.2, 0.25) is 0 Å². The zero-order valence-electron chi connectivity index (χ0n) is 12.3. The number of hydrogen-bond acceptors (Lipinski definition) is 3. The summed E-state index contributed by atoms with van der Waals surface area (Å²) in [7, 11) is 0. The van der Waals surface area contributed by atoms with Gasteiger partial charge < -0.3 is 5.11 Å². The first-order valence-corrected chi connectivity index (χ1v) is 7.83. The summed E-state index contributed by atoms with van der Waals surface area (Å²) in [6.45, 7) is 11.8. The van der Waals surface area contributed by atoms with Crippen molar-refractivity contribution in [3.8, 4) is 0 Å². The van der Waals surface area contributed by atoms with Gasteiger partial charge in [-0.25, -0.2) is 0 Å². The first kappa shape index (κ1) is 15.8. The quantitative estimate of drug-likeness (QED) is 0.854. The fourth-order valence-corrected chi connectivity index (χ4v) is 4.07. The number of thioether (sulfide) groups is 1. The van der Waals surface area contributed by atoms with Crippen molar-refractivity contribution in [1.29, 1.82) is 0 Å². The first-order chi connectivity index (χ1) is 8.12. The monoisotopic (exact) mass is 273 g/mol. The Morgan fingerprint density at radius 2 is 2.06 bits per heavy atom. The summed E-state index contributed by atoms with van der Waals surface area (Å²) in [5.41, 5.74) is 0.397. The Hall–Kier alpha value is -0.220. The number of hydrogen-bond donors (Lipinski definition) is 1. The van der Waals surface area contributed by atoms with E-state index in [9.17, 15) is 4.79 Å². The summed E-state index contributed by atoms with van der Waals surface area (Å²) in [6.07, 6.45) is 1.40. The van der Waals surface area contributed by atoms with Gasteiger partial charge in [-0.1, -0.05) is 13.8 Å². The Kier molecular flexibility index (Phi) is 5.13. The highest BCUT2D eigenvalue weighted by Crippen LogP contribution is 2.37. The van der Waals surface area contributed by atoms with Crippen LogP contribution >= 0.6 is 11.8 Å². The molecule has 0 spiro atoms. The Balaban J connectivity index is 2.73. The maximum Gasteiger partial charge on any atom is 0.304 e. The largest absolute Gasteiger partial charge is 0.481 e. The van der Waals surface area contributed by atoms with Crippen molar-refractivity contribution in [3.63, 3.8) is 0 Å². The molecule has 0 bridgehead atoms. The molecule has 1 fully saturated rings. The molecule has 1 saturated heterocycles. The van der Waals surface area contributed by atoms with Gasteiger partial charge in [-0.3, -0.25) is 9.69 Å². The van der Waals surface area contributed by atoms with Crippen LogP contribution < -0.4 is 0 Å². The number of nitrogens with zero attached hydrogens (tertiary/aromatic N) is 1. The highest BCUT2D eigenvalue weighted by atomic mass is 32.2. The van der Waals surface area contributed by atoms with Gasteiger partial charge in [0.15, 0.2) is 0 Å². The molecule has 1 N–H and O–H groups in total. The van der Waals surface area contributed by atoms with E-state index < -0.39 is 5.97 Å². The molecule has 1 atom stereocenters. The lowest BCUT2D eigenvalue weighted by atomic mass is 9.86. The molecular formula is C14H27NO2S. The minimum atomic E-state index is -0.702. The predicted octanol–water partition coefficient (Wildman–Crippen LogP) is 3.09. The third kappa shape index (κ3) is 4.81. The fourth-order valence-electron chi connectivity index (χ4n) is 2.71. The van der Waals surface area contributed by atoms with E-state index in [1.54, 1.807) is 0 Å². The Morgan fingerprint density at radius 3 is 2.50 bits per heavy atom. The molecule has 1 rings (SSSR count). The molecule has 18 heavy (non-hydrogen) atoms. The van der Waals surface area contributed by atoms with E-state index in [0.717, 1.165) is 12.2 Å². The number of carboxylic acids is 1. The highest BCUT2D eigenvalue weighted by Gasteiger charge is 2.36. The number of carboxylic acid groups (broad SMARTS) is 1. The molecule has 3 nitrogen and oxygen atoms in total. The van der Waals surface area contributed by atoms with Crippen LogP contribution in [0.1, 0.15) is 47.5 Å². The van der Waals surface area contributed by atoms with Crippen LogP contribution in [0.3, 0.4) is 0 Å². The first-order valence-electron chi connectivity index (χ1n) is 6.68. The van der Waals surface area contributed by atoms with Crippen molar-refractivity contribution >= 4 is 17.7 Å². The van der Waals surface area contributed by atoms with E-state index in [4.69, 9.17) is 5.11 Å². The van der Waals surface area contributed by atoms with Crippen LogP contribution in [-0.2, 0) is 4.79 Å². The second-order valence-electron chi connectivity index (χ2n) is 7.05. The van der Waals surface area contributed by atoms with Crippen LogP contribution in [0.4, 0.5) is 0 Å². The van der Waals surface area contributed by atoms with Crippen molar-refractivity contribution < 1.29 is 9.90 Å². The van der Waals surface area contributed by atoms with Gasteiger partial charge in [-0.2, -0.15) is 11.8 Å². The summed E-state index contributed by atoms with van der Waals surface area (Å²) in [5.74, 6) is 1.63. The van der Waals surface area contributed by atoms with Crippen molar-refractivity contribution in [3.05, 3.63) is 0 Å². The van der Waals surface area contributed by atoms with Crippen molar-refractivity contribution in [2.75, 3.05) is 18.1 Å². The average Bonchev–Trinajstić information content (AvgIpc) is 2.13. The zero-order chi connectivity index (χ0) is 14.0. The Labute approximate surface area is 115 Å². The molecule has 0 aromatic rings. The van der Waals surface area contributed by atoms with Crippen LogP contribution in [0, 0.1) is 5.41 Å². The number of aliphatic carboxylic acids is 1. The zero-order valence-corrected chi connectivity index (χ0v) is 13.1. The van der Waals surface area contributed by atoms with Crippen LogP contribution in [0.15, 0.2) is 0 Å². The lowest BCUT2D eigenvalue weighted by molar-refractivity contribution is -0.137. The van der Waals surface area contributed by atoms with Gasteiger partial charge in [0.25, 0.3) is 0 Å². The van der Waals surface area contributed by atoms with Gasteiger partial charge >= 0.3 is 5.97 Å². The smallest absolute Gasteiger partial charge is 0.304 e. The van der Waals surface area contributed by atoms with E-state index >= 15 is 0 Å². The minimum Gasteiger partial charge on any atom is -0.481 e. The summed E-state index contributed by atoms with van der Waals surface area (Å²) in [4.78, 5) is 13.2. The van der Waals surface area contributed by atoms with Gasteiger partial charge in [0, 0.05) is 23.9 Å². The SMILES string of the molecule is CC1(C)CSCC(N(CCC(=O)O)C(C)(C)C)C1. The van der Waals surface area contributed by atoms with Crippen LogP contribution in [0.25, 0.3) is 0 Å². The number of rotatable bonds is 4. The second-order valence-corrected chi connectivity index (χ2v) is 8.08. The second kappa shape index (κ2) is 5.83. The number of carbonyl (C=O) groups is 1. The van der Waals surface area contributed by atoms with E-state index in [1.165, 1.54) is 5.75 Å². The molecule has 1 heterocycles. The summed E-state index contributed by atoms with van der Waals surface area (Å²) in [5, 5.41) is 8.90. The van der Waals surface area contributed by atoms with Crippen LogP contribution in [0.5, 0.6) is 0 Å². The van der Waals surface area contributed by atoms with Gasteiger partial charge in [-0.15, -0.1) is 0 Å². The van der Waals surface area contributed by atoms with Crippen molar-refractivity contribution in [2.45, 2.75) is 59.0 Å². The van der Waals surface area contributed by atoms with Gasteiger partial charge in [0.05, 0.1) is 6.42 Å². The molecule has 0 aromatic heterocycles. The van der Waals surface area contributed by atoms with E-state index in [2.05, 4.69) is 39.5 Å². The maximum atomic E-state index is 10.8. The maximum absolute atomic E-state index is 10.8. The molecule has 1 aliphatic rings. The molecule has 0 radical (unpaired) electrons. The molecule has 0 amide bonds. The highest BCUT2D eigenvalue weighted by molar-refractivity contribution is 7.99. The Morgan fingerprint density at radius 1 is 1.44 bits per heavy atom. The predicted molar refractivity (Wildman–Crippen MR) is 78.2 cm³/mol. The molecule has 0 saturated carbocycles. The summed E-state index contributed by atoms with van der Waals surface area (Å²) >= 11 is 2.00. The summed E-state index contributed by atoms with van der Waals surface area (Å²) in [6, 6.07) is 0.498. The fraction of sp³-hybridized carbons (Fsp3) is 0.929. The standard InChI is InChI=1S/C14H27NO2S/c1-13(2,3)15(7-6-12(16)17)11-8-14(4,5)10-18-9-11/h11H,6-10H2,1-5H3,(H,16,17). The third-order valence-corrected chi connectivity index (χ3v) is 5.07. The topological polar surface area (TPSA) is 40.5 Å². The van der Waals surface area contributed by atoms with E-state index in [-0.39, 0.29) is 12.0 Å². The van der Waals surface area contributed by atoms with E-state index in [0.29, 0.717) is 18.0 Å². The average molecular weight is 273 g/mol. The lowest BCUT2D eigenvalue weighted by Gasteiger charge is -2.46. The molecule has 4 heteroatoms. The lowest BCUT2D eigenvalue weighted by Crippen LogP contribution is -2.53. The van der Waals surface area contributed by atoms with Crippen LogP contribution in [-0.4, -0.2) is 45.6 Å². The molecule has 106 valence electrons. The molecule has 0 aromatic carbocycles. The van der Waals surface area contributed by atoms with E-state index in [1.807, 2.05) is 11.8 Å². The van der Waals surface area contributed by atoms with Gasteiger partial charge in [0.1, 0.15) is 0 Å². The minimum absolute atomic E-state index is 0.0358. The normalized spacial score (nSPS) is 24.2. The molecular weight excluding hydrogens is 246 g/mol. The molecule has 1 aliphatic heterocycles.